The van der Waals surface area contributed by atoms with Crippen LogP contribution in [0.5, 0.6) is 0 Å². The summed E-state index contributed by atoms with van der Waals surface area (Å²) < 4.78 is 13.2. The van der Waals surface area contributed by atoms with E-state index in [1.165, 1.54) is 0 Å². The Labute approximate surface area is 101 Å². The second kappa shape index (κ2) is 3.92. The van der Waals surface area contributed by atoms with E-state index in [0.717, 1.165) is 34.6 Å². The zero-order valence-corrected chi connectivity index (χ0v) is 9.64. The summed E-state index contributed by atoms with van der Waals surface area (Å²) in [5.41, 5.74) is 1.85. The average molecular weight is 255 g/mol. The molecule has 4 nitrogen and oxygen atoms in total. The minimum Gasteiger partial charge on any atom is -0.464 e. The van der Waals surface area contributed by atoms with Gasteiger partial charge in [0.15, 0.2) is 5.84 Å². The number of halogens is 1. The summed E-state index contributed by atoms with van der Waals surface area (Å²) in [5, 5.41) is 5.55. The fraction of sp³-hybridized carbons (Fsp3) is 0.100. The van der Waals surface area contributed by atoms with Gasteiger partial charge < -0.3 is 4.42 Å². The number of hydrogen-bond acceptors (Lipinski definition) is 5. The third-order valence-corrected chi connectivity index (χ3v) is 3.02. The molecule has 0 amide bonds. The molecule has 2 heterocycles. The van der Waals surface area contributed by atoms with Crippen LogP contribution in [0.25, 0.3) is 11.0 Å². The van der Waals surface area contributed by atoms with Crippen LogP contribution in [0.1, 0.15) is 5.56 Å². The number of benzene rings is 1. The minimum atomic E-state index is 0.654. The summed E-state index contributed by atoms with van der Waals surface area (Å²) in [5.74, 6) is 0.780. The number of fused-ring (bicyclic) bond motifs is 1. The highest BCUT2D eigenvalue weighted by atomic mass is 35.5. The molecule has 82 valence electrons. The van der Waals surface area contributed by atoms with Crippen LogP contribution in [0.15, 0.2) is 34.0 Å². The quantitative estimate of drug-likeness (QED) is 0.661. The Morgan fingerprint density at radius 1 is 1.44 bits per heavy atom. The third-order valence-electron chi connectivity index (χ3n) is 2.32. The van der Waals surface area contributed by atoms with E-state index in [-0.39, 0.29) is 0 Å². The van der Waals surface area contributed by atoms with Crippen molar-refractivity contribution in [3.05, 3.63) is 35.0 Å². The maximum atomic E-state index is 5.88. The molecule has 1 aromatic heterocycles. The maximum Gasteiger partial charge on any atom is 0.208 e. The Morgan fingerprint density at radius 2 is 2.38 bits per heavy atom. The number of oxime groups is 1. The van der Waals surface area contributed by atoms with Crippen molar-refractivity contribution in [1.29, 1.82) is 0 Å². The largest absolute Gasteiger partial charge is 0.464 e. The molecule has 16 heavy (non-hydrogen) atoms. The first kappa shape index (κ1) is 9.86. The van der Waals surface area contributed by atoms with Crippen molar-refractivity contribution in [3.63, 3.8) is 0 Å². The number of hydrogen-bond donors (Lipinski definition) is 1. The highest BCUT2D eigenvalue weighted by Crippen LogP contribution is 2.25. The molecule has 6 heteroatoms. The van der Waals surface area contributed by atoms with Gasteiger partial charge in [-0.05, 0) is 18.2 Å². The van der Waals surface area contributed by atoms with Gasteiger partial charge in [0.25, 0.3) is 0 Å². The van der Waals surface area contributed by atoms with Crippen molar-refractivity contribution in [2.75, 3.05) is 0 Å². The predicted octanol–water partition coefficient (Wildman–Crippen LogP) is 3.13. The lowest BCUT2D eigenvalue weighted by Gasteiger charge is -1.96. The van der Waals surface area contributed by atoms with Crippen LogP contribution in [-0.4, -0.2) is 5.84 Å². The first-order chi connectivity index (χ1) is 7.83. The molecule has 0 aliphatic carbocycles. The zero-order chi connectivity index (χ0) is 11.0. The predicted molar refractivity (Wildman–Crippen MR) is 64.2 cm³/mol. The number of furan rings is 1. The second-order valence-corrected chi connectivity index (χ2v) is 4.33. The van der Waals surface area contributed by atoms with Crippen molar-refractivity contribution in [2.45, 2.75) is 6.42 Å². The van der Waals surface area contributed by atoms with Gasteiger partial charge in [-0.25, -0.2) is 0 Å². The zero-order valence-electron chi connectivity index (χ0n) is 8.07. The standard InChI is InChI=1S/C10H7ClN2O2S/c11-7-1-2-8-6(5-14-9(8)4-7)3-10-12-15-16-13-10/h1-2,4-5H,3H2,(H,12,13). The van der Waals surface area contributed by atoms with Gasteiger partial charge >= 0.3 is 0 Å². The Bertz CT molecular complexity index is 567. The number of amidine groups is 1. The molecule has 0 bridgehead atoms. The summed E-state index contributed by atoms with van der Waals surface area (Å²) in [4.78, 5) is 0. The van der Waals surface area contributed by atoms with E-state index in [1.807, 2.05) is 12.1 Å². The first-order valence-corrected chi connectivity index (χ1v) is 5.76. The Balaban J connectivity index is 1.97. The summed E-state index contributed by atoms with van der Waals surface area (Å²) in [6, 6.07) is 5.59. The molecule has 3 rings (SSSR count). The topological polar surface area (TPSA) is 46.8 Å². The van der Waals surface area contributed by atoms with Gasteiger partial charge in [0.2, 0.25) is 12.2 Å². The monoisotopic (exact) mass is 254 g/mol. The number of nitrogens with one attached hydrogen (secondary N) is 1. The van der Waals surface area contributed by atoms with E-state index in [4.69, 9.17) is 20.3 Å². The van der Waals surface area contributed by atoms with Crippen LogP contribution < -0.4 is 4.72 Å². The maximum absolute atomic E-state index is 5.88. The van der Waals surface area contributed by atoms with Crippen molar-refractivity contribution in [1.82, 2.24) is 4.72 Å². The molecule has 0 unspecified atom stereocenters. The average Bonchev–Trinajstić information content (AvgIpc) is 2.89. The van der Waals surface area contributed by atoms with Crippen LogP contribution in [0.3, 0.4) is 0 Å². The summed E-state index contributed by atoms with van der Waals surface area (Å²) in [7, 11) is 0. The van der Waals surface area contributed by atoms with Crippen LogP contribution in [-0.2, 0) is 10.7 Å². The van der Waals surface area contributed by atoms with Gasteiger partial charge in [-0.3, -0.25) is 9.01 Å². The lowest BCUT2D eigenvalue weighted by Crippen LogP contribution is -2.13. The van der Waals surface area contributed by atoms with Gasteiger partial charge in [0.05, 0.1) is 6.26 Å². The van der Waals surface area contributed by atoms with E-state index in [1.54, 1.807) is 12.3 Å². The van der Waals surface area contributed by atoms with E-state index < -0.39 is 0 Å². The molecular weight excluding hydrogens is 248 g/mol. The second-order valence-electron chi connectivity index (χ2n) is 3.38. The van der Waals surface area contributed by atoms with E-state index >= 15 is 0 Å². The van der Waals surface area contributed by atoms with Crippen LogP contribution in [0.4, 0.5) is 0 Å². The Kier molecular flexibility index (Phi) is 2.41. The van der Waals surface area contributed by atoms with Crippen molar-refractivity contribution in [2.24, 2.45) is 5.16 Å². The van der Waals surface area contributed by atoms with E-state index in [9.17, 15) is 0 Å². The molecule has 1 aromatic carbocycles. The van der Waals surface area contributed by atoms with Gasteiger partial charge in [0.1, 0.15) is 5.58 Å². The first-order valence-electron chi connectivity index (χ1n) is 4.64. The SMILES string of the molecule is Clc1ccc2c(CC3=NOSN3)coc2c1. The van der Waals surface area contributed by atoms with Gasteiger partial charge in [-0.15, -0.1) is 0 Å². The lowest BCUT2D eigenvalue weighted by atomic mass is 10.1. The molecule has 0 saturated carbocycles. The summed E-state index contributed by atoms with van der Waals surface area (Å²) in [6.45, 7) is 0. The van der Waals surface area contributed by atoms with Gasteiger partial charge in [0, 0.05) is 22.4 Å². The van der Waals surface area contributed by atoms with Crippen LogP contribution >= 0.6 is 23.8 Å². The number of nitrogens with zero attached hydrogens (tertiary/aromatic N) is 1. The fourth-order valence-corrected chi connectivity index (χ4v) is 2.12. The fourth-order valence-electron chi connectivity index (χ4n) is 1.59. The Hall–Kier alpha value is -1.33. The molecule has 0 fully saturated rings. The highest BCUT2D eigenvalue weighted by molar-refractivity contribution is 7.93. The molecule has 2 aromatic rings. The lowest BCUT2D eigenvalue weighted by molar-refractivity contribution is 0.415. The summed E-state index contributed by atoms with van der Waals surface area (Å²) >= 11 is 6.99. The molecule has 0 spiro atoms. The molecular formula is C10H7ClN2O2S. The number of rotatable bonds is 2. The third kappa shape index (κ3) is 1.72. The highest BCUT2D eigenvalue weighted by Gasteiger charge is 2.13. The van der Waals surface area contributed by atoms with Crippen molar-refractivity contribution in [3.8, 4) is 0 Å². The van der Waals surface area contributed by atoms with Crippen LogP contribution in [0, 0.1) is 0 Å². The smallest absolute Gasteiger partial charge is 0.208 e. The molecule has 0 saturated heterocycles. The normalized spacial score (nSPS) is 14.7. The van der Waals surface area contributed by atoms with Gasteiger partial charge in [-0.2, -0.15) is 0 Å². The molecule has 1 aliphatic heterocycles. The molecule has 1 N–H and O–H groups in total. The minimum absolute atomic E-state index is 0.654. The van der Waals surface area contributed by atoms with E-state index in [2.05, 4.69) is 9.88 Å². The molecule has 0 radical (unpaired) electrons. The van der Waals surface area contributed by atoms with Crippen molar-refractivity contribution >= 4 is 40.6 Å². The molecule has 0 atom stereocenters. The van der Waals surface area contributed by atoms with Crippen LogP contribution in [0.2, 0.25) is 5.02 Å². The van der Waals surface area contributed by atoms with Gasteiger partial charge in [-0.1, -0.05) is 16.8 Å². The van der Waals surface area contributed by atoms with E-state index in [0.29, 0.717) is 11.4 Å². The molecule has 1 aliphatic rings. The Morgan fingerprint density at radius 3 is 3.19 bits per heavy atom. The van der Waals surface area contributed by atoms with Crippen molar-refractivity contribution < 1.29 is 8.70 Å². The summed E-state index contributed by atoms with van der Waals surface area (Å²) in [6.07, 6.45) is 2.37.